The lowest BCUT2D eigenvalue weighted by Gasteiger charge is -2.11. The van der Waals surface area contributed by atoms with Crippen molar-refractivity contribution in [1.29, 1.82) is 0 Å². The maximum absolute atomic E-state index is 12.3. The number of ether oxygens (including phenoxy) is 1. The number of aromatic nitrogens is 2. The van der Waals surface area contributed by atoms with E-state index in [1.165, 1.54) is 24.5 Å². The lowest BCUT2D eigenvalue weighted by atomic mass is 10.2. The van der Waals surface area contributed by atoms with Crippen LogP contribution in [-0.2, 0) is 6.54 Å². The van der Waals surface area contributed by atoms with Gasteiger partial charge in [-0.1, -0.05) is 30.3 Å². The van der Waals surface area contributed by atoms with Crippen molar-refractivity contribution in [1.82, 2.24) is 14.9 Å². The van der Waals surface area contributed by atoms with Crippen molar-refractivity contribution >= 4 is 17.2 Å². The number of thiazole rings is 1. The fourth-order valence-corrected chi connectivity index (χ4v) is 3.37. The topological polar surface area (TPSA) is 73.2 Å². The zero-order chi connectivity index (χ0) is 18.5. The highest BCUT2D eigenvalue weighted by Gasteiger charge is 2.12. The Kier molecular flexibility index (Phi) is 5.48. The van der Waals surface area contributed by atoms with Crippen LogP contribution in [0.25, 0.3) is 10.6 Å². The molecule has 134 valence electrons. The van der Waals surface area contributed by atoms with Crippen LogP contribution in [0.3, 0.4) is 0 Å². The number of rotatable bonds is 6. The van der Waals surface area contributed by atoms with E-state index in [0.717, 1.165) is 16.3 Å². The fraction of sp³-hybridized carbons (Fsp3) is 0.211. The Hall–Kier alpha value is -2.93. The Balaban J connectivity index is 1.62. The Morgan fingerprint density at radius 2 is 2.04 bits per heavy atom. The van der Waals surface area contributed by atoms with Crippen LogP contribution >= 0.6 is 11.3 Å². The minimum absolute atomic E-state index is 0.156. The number of hydrogen-bond donors (Lipinski definition) is 1. The second-order valence-electron chi connectivity index (χ2n) is 5.69. The zero-order valence-corrected chi connectivity index (χ0v) is 15.4. The molecule has 0 atom stereocenters. The lowest BCUT2D eigenvalue weighted by Crippen LogP contribution is -2.31. The lowest BCUT2D eigenvalue weighted by molar-refractivity contribution is 0.0948. The van der Waals surface area contributed by atoms with E-state index in [-0.39, 0.29) is 11.5 Å². The van der Waals surface area contributed by atoms with Crippen LogP contribution < -0.4 is 15.6 Å². The molecular weight excluding hydrogens is 350 g/mol. The second-order valence-corrected chi connectivity index (χ2v) is 6.54. The van der Waals surface area contributed by atoms with Crippen LogP contribution in [0.1, 0.15) is 16.2 Å². The third-order valence-electron chi connectivity index (χ3n) is 3.92. The predicted molar refractivity (Wildman–Crippen MR) is 102 cm³/mol. The van der Waals surface area contributed by atoms with E-state index < -0.39 is 0 Å². The minimum atomic E-state index is -0.248. The molecule has 0 radical (unpaired) electrons. The van der Waals surface area contributed by atoms with E-state index in [2.05, 4.69) is 10.3 Å². The second kappa shape index (κ2) is 7.97. The summed E-state index contributed by atoms with van der Waals surface area (Å²) in [6, 6.07) is 12.9. The molecule has 1 N–H and O–H groups in total. The Labute approximate surface area is 155 Å². The number of benzene rings is 1. The molecule has 2 heterocycles. The largest absolute Gasteiger partial charge is 0.496 e. The summed E-state index contributed by atoms with van der Waals surface area (Å²) in [5.74, 6) is 0.284. The van der Waals surface area contributed by atoms with Gasteiger partial charge in [0.1, 0.15) is 16.5 Å². The third-order valence-corrected chi connectivity index (χ3v) is 4.81. The molecule has 7 heteroatoms. The molecule has 0 saturated heterocycles. The average Bonchev–Trinajstić information content (AvgIpc) is 3.14. The highest BCUT2D eigenvalue weighted by Crippen LogP contribution is 2.23. The normalized spacial score (nSPS) is 10.5. The molecule has 0 aliphatic carbocycles. The van der Waals surface area contributed by atoms with Crippen molar-refractivity contribution in [2.45, 2.75) is 13.5 Å². The molecule has 0 aliphatic rings. The predicted octanol–water partition coefficient (Wildman–Crippen LogP) is 2.72. The zero-order valence-electron chi connectivity index (χ0n) is 14.6. The van der Waals surface area contributed by atoms with Gasteiger partial charge >= 0.3 is 0 Å². The first-order valence-corrected chi connectivity index (χ1v) is 9.01. The summed E-state index contributed by atoms with van der Waals surface area (Å²) in [4.78, 5) is 28.7. The summed E-state index contributed by atoms with van der Waals surface area (Å²) in [5.41, 5.74) is 1.99. The van der Waals surface area contributed by atoms with Crippen molar-refractivity contribution in [3.8, 4) is 16.3 Å². The van der Waals surface area contributed by atoms with Crippen molar-refractivity contribution < 1.29 is 9.53 Å². The van der Waals surface area contributed by atoms with Gasteiger partial charge in [-0.2, -0.15) is 0 Å². The number of amides is 1. The number of nitrogens with one attached hydrogen (secondary N) is 1. The van der Waals surface area contributed by atoms with Gasteiger partial charge in [-0.3, -0.25) is 9.59 Å². The molecule has 0 unspecified atom stereocenters. The summed E-state index contributed by atoms with van der Waals surface area (Å²) >= 11 is 1.43. The summed E-state index contributed by atoms with van der Waals surface area (Å²) in [5, 5.41) is 5.35. The monoisotopic (exact) mass is 369 g/mol. The molecule has 0 saturated carbocycles. The maximum atomic E-state index is 12.3. The number of pyridine rings is 1. The molecule has 3 rings (SSSR count). The highest BCUT2D eigenvalue weighted by atomic mass is 32.1. The first-order valence-electron chi connectivity index (χ1n) is 8.13. The molecule has 1 aromatic carbocycles. The van der Waals surface area contributed by atoms with E-state index in [1.807, 2.05) is 37.3 Å². The van der Waals surface area contributed by atoms with Gasteiger partial charge in [0.2, 0.25) is 0 Å². The Morgan fingerprint density at radius 3 is 2.73 bits per heavy atom. The van der Waals surface area contributed by atoms with Gasteiger partial charge in [0.25, 0.3) is 11.5 Å². The fourth-order valence-electron chi connectivity index (χ4n) is 2.57. The van der Waals surface area contributed by atoms with E-state index in [1.54, 1.807) is 16.0 Å². The minimum Gasteiger partial charge on any atom is -0.496 e. The first-order chi connectivity index (χ1) is 12.6. The molecule has 6 nitrogen and oxygen atoms in total. The van der Waals surface area contributed by atoms with E-state index in [4.69, 9.17) is 4.74 Å². The quantitative estimate of drug-likeness (QED) is 0.725. The molecule has 2 aromatic heterocycles. The van der Waals surface area contributed by atoms with Crippen molar-refractivity contribution in [3.63, 3.8) is 0 Å². The van der Waals surface area contributed by atoms with Crippen LogP contribution in [0.5, 0.6) is 5.75 Å². The third kappa shape index (κ3) is 4.00. The Bertz CT molecular complexity index is 964. The molecule has 26 heavy (non-hydrogen) atoms. The number of carbonyl (C=O) groups is 1. The number of hydrogen-bond acceptors (Lipinski definition) is 5. The Morgan fingerprint density at radius 1 is 1.27 bits per heavy atom. The van der Waals surface area contributed by atoms with Gasteiger partial charge in [-0.05, 0) is 13.0 Å². The first kappa shape index (κ1) is 17.9. The van der Waals surface area contributed by atoms with E-state index in [9.17, 15) is 9.59 Å². The van der Waals surface area contributed by atoms with Crippen LogP contribution in [0.4, 0.5) is 0 Å². The number of nitrogens with zero attached hydrogens (tertiary/aromatic N) is 2. The standard InChI is InChI=1S/C19H19N3O3S/c1-13-10-15(25-2)11-17(23)22(13)9-8-20-18(24)16-12-26-19(21-16)14-6-4-3-5-7-14/h3-7,10-12H,8-9H2,1-2H3,(H,20,24). The molecule has 0 bridgehead atoms. The SMILES string of the molecule is COc1cc(C)n(CCNC(=O)c2csc(-c3ccccc3)n2)c(=O)c1. The van der Waals surface area contributed by atoms with Crippen LogP contribution in [0.2, 0.25) is 0 Å². The molecule has 0 aliphatic heterocycles. The van der Waals surface area contributed by atoms with Crippen LogP contribution in [0, 0.1) is 6.92 Å². The van der Waals surface area contributed by atoms with E-state index >= 15 is 0 Å². The van der Waals surface area contributed by atoms with Gasteiger partial charge in [-0.15, -0.1) is 11.3 Å². The molecule has 0 fully saturated rings. The van der Waals surface area contributed by atoms with Crippen LogP contribution in [-0.4, -0.2) is 29.1 Å². The van der Waals surface area contributed by atoms with Gasteiger partial charge in [0.05, 0.1) is 7.11 Å². The van der Waals surface area contributed by atoms with Gasteiger partial charge in [-0.25, -0.2) is 4.98 Å². The van der Waals surface area contributed by atoms with Gasteiger partial charge in [0, 0.05) is 35.8 Å². The molecule has 1 amide bonds. The summed E-state index contributed by atoms with van der Waals surface area (Å²) in [6.07, 6.45) is 0. The average molecular weight is 369 g/mol. The van der Waals surface area contributed by atoms with Crippen LogP contribution in [0.15, 0.2) is 52.6 Å². The summed E-state index contributed by atoms with van der Waals surface area (Å²) < 4.78 is 6.68. The van der Waals surface area contributed by atoms with Crippen molar-refractivity contribution in [3.05, 3.63) is 69.6 Å². The molecular formula is C19H19N3O3S. The molecule has 0 spiro atoms. The highest BCUT2D eigenvalue weighted by molar-refractivity contribution is 7.13. The molecule has 3 aromatic rings. The van der Waals surface area contributed by atoms with Gasteiger partial charge < -0.3 is 14.6 Å². The summed E-state index contributed by atoms with van der Waals surface area (Å²) in [6.45, 7) is 2.55. The number of aryl methyl sites for hydroxylation is 1. The smallest absolute Gasteiger partial charge is 0.270 e. The van der Waals surface area contributed by atoms with Crippen molar-refractivity contribution in [2.75, 3.05) is 13.7 Å². The van der Waals surface area contributed by atoms with Crippen molar-refractivity contribution in [2.24, 2.45) is 0 Å². The summed E-state index contributed by atoms with van der Waals surface area (Å²) in [7, 11) is 1.52. The number of methoxy groups -OCH3 is 1. The maximum Gasteiger partial charge on any atom is 0.270 e. The van der Waals surface area contributed by atoms with Gasteiger partial charge in [0.15, 0.2) is 0 Å². The number of carbonyl (C=O) groups excluding carboxylic acids is 1. The van der Waals surface area contributed by atoms with E-state index in [0.29, 0.717) is 24.5 Å².